The van der Waals surface area contributed by atoms with Gasteiger partial charge in [-0.3, -0.25) is 0 Å². The van der Waals surface area contributed by atoms with E-state index in [0.717, 1.165) is 23.5 Å². The maximum atomic E-state index is 9.42. The second-order valence-electron chi connectivity index (χ2n) is 4.71. The van der Waals surface area contributed by atoms with E-state index in [0.29, 0.717) is 0 Å². The van der Waals surface area contributed by atoms with Gasteiger partial charge in [-0.05, 0) is 31.5 Å². The van der Waals surface area contributed by atoms with Gasteiger partial charge >= 0.3 is 0 Å². The molecular formula is C17H17NO. The monoisotopic (exact) mass is 251 g/mol. The Hall–Kier alpha value is -2.27. The first-order chi connectivity index (χ1) is 9.19. The van der Waals surface area contributed by atoms with E-state index in [1.54, 1.807) is 0 Å². The molecule has 0 aliphatic carbocycles. The molecule has 1 unspecified atom stereocenters. The van der Waals surface area contributed by atoms with E-state index >= 15 is 0 Å². The van der Waals surface area contributed by atoms with E-state index in [2.05, 4.69) is 6.07 Å². The van der Waals surface area contributed by atoms with Gasteiger partial charge in [-0.15, -0.1) is 0 Å². The minimum atomic E-state index is -0.522. The van der Waals surface area contributed by atoms with Gasteiger partial charge in [-0.2, -0.15) is 5.26 Å². The van der Waals surface area contributed by atoms with Crippen LogP contribution in [0.15, 0.2) is 54.6 Å². The summed E-state index contributed by atoms with van der Waals surface area (Å²) >= 11 is 0. The number of nitrogens with zero attached hydrogens (tertiary/aromatic N) is 1. The zero-order valence-corrected chi connectivity index (χ0v) is 11.3. The van der Waals surface area contributed by atoms with Crippen LogP contribution in [0.2, 0.25) is 0 Å². The van der Waals surface area contributed by atoms with E-state index in [1.807, 2.05) is 68.4 Å². The third-order valence-electron chi connectivity index (χ3n) is 3.41. The van der Waals surface area contributed by atoms with Gasteiger partial charge < -0.3 is 4.74 Å². The molecule has 0 saturated heterocycles. The van der Waals surface area contributed by atoms with Crippen LogP contribution in [0, 0.1) is 11.3 Å². The average molecular weight is 251 g/mol. The maximum Gasteiger partial charge on any atom is 0.132 e. The Balaban J connectivity index is 2.40. The largest absolute Gasteiger partial charge is 0.457 e. The lowest BCUT2D eigenvalue weighted by atomic mass is 9.81. The average Bonchev–Trinajstić information content (AvgIpc) is 2.48. The quantitative estimate of drug-likeness (QED) is 0.791. The Morgan fingerprint density at radius 2 is 1.68 bits per heavy atom. The standard InChI is InChI=1S/C17H17NO/c1-3-17(2,13-18)15-11-7-8-12-16(15)19-14-9-5-4-6-10-14/h4-12H,3H2,1-2H3. The van der Waals surface area contributed by atoms with Gasteiger partial charge in [-0.1, -0.05) is 43.3 Å². The Labute approximate surface area is 114 Å². The summed E-state index contributed by atoms with van der Waals surface area (Å²) < 4.78 is 5.91. The van der Waals surface area contributed by atoms with Gasteiger partial charge in [0, 0.05) is 5.56 Å². The van der Waals surface area contributed by atoms with E-state index in [4.69, 9.17) is 4.74 Å². The lowest BCUT2D eigenvalue weighted by molar-refractivity contribution is 0.457. The molecule has 2 rings (SSSR count). The maximum absolute atomic E-state index is 9.42. The minimum absolute atomic E-state index is 0.522. The lowest BCUT2D eigenvalue weighted by Crippen LogP contribution is -2.18. The number of nitriles is 1. The molecule has 2 aromatic carbocycles. The van der Waals surface area contributed by atoms with Crippen molar-refractivity contribution >= 4 is 0 Å². The Kier molecular flexibility index (Phi) is 3.87. The number of hydrogen-bond acceptors (Lipinski definition) is 2. The van der Waals surface area contributed by atoms with Crippen molar-refractivity contribution in [1.82, 2.24) is 0 Å². The third-order valence-corrected chi connectivity index (χ3v) is 3.41. The molecule has 0 N–H and O–H groups in total. The SMILES string of the molecule is CCC(C)(C#N)c1ccccc1Oc1ccccc1. The predicted molar refractivity (Wildman–Crippen MR) is 76.2 cm³/mol. The second-order valence-corrected chi connectivity index (χ2v) is 4.71. The van der Waals surface area contributed by atoms with Gasteiger partial charge in [-0.25, -0.2) is 0 Å². The molecule has 0 aliphatic heterocycles. The van der Waals surface area contributed by atoms with E-state index in [1.165, 1.54) is 0 Å². The van der Waals surface area contributed by atoms with Crippen LogP contribution in [0.1, 0.15) is 25.8 Å². The summed E-state index contributed by atoms with van der Waals surface area (Å²) in [6.07, 6.45) is 0.749. The van der Waals surface area contributed by atoms with Crippen LogP contribution in [0.3, 0.4) is 0 Å². The Morgan fingerprint density at radius 3 is 2.32 bits per heavy atom. The molecule has 2 aromatic rings. The summed E-state index contributed by atoms with van der Waals surface area (Å²) in [4.78, 5) is 0. The number of para-hydroxylation sites is 2. The summed E-state index contributed by atoms with van der Waals surface area (Å²) in [6, 6.07) is 19.8. The van der Waals surface area contributed by atoms with Crippen LogP contribution in [0.25, 0.3) is 0 Å². The highest BCUT2D eigenvalue weighted by Gasteiger charge is 2.27. The summed E-state index contributed by atoms with van der Waals surface area (Å²) in [5.74, 6) is 1.53. The molecule has 0 bridgehead atoms. The molecule has 0 aromatic heterocycles. The van der Waals surface area contributed by atoms with Crippen molar-refractivity contribution in [2.75, 3.05) is 0 Å². The third kappa shape index (κ3) is 2.77. The first-order valence-corrected chi connectivity index (χ1v) is 6.43. The van der Waals surface area contributed by atoms with Gasteiger partial charge in [0.2, 0.25) is 0 Å². The number of ether oxygens (including phenoxy) is 1. The first-order valence-electron chi connectivity index (χ1n) is 6.43. The number of benzene rings is 2. The highest BCUT2D eigenvalue weighted by Crippen LogP contribution is 2.36. The van der Waals surface area contributed by atoms with Crippen LogP contribution in [0.4, 0.5) is 0 Å². The Bertz CT molecular complexity index is 586. The second kappa shape index (κ2) is 5.58. The van der Waals surface area contributed by atoms with Crippen molar-refractivity contribution in [2.24, 2.45) is 0 Å². The molecule has 2 heteroatoms. The van der Waals surface area contributed by atoms with Crippen molar-refractivity contribution in [1.29, 1.82) is 5.26 Å². The molecule has 0 amide bonds. The van der Waals surface area contributed by atoms with Gasteiger partial charge in [0.25, 0.3) is 0 Å². The van der Waals surface area contributed by atoms with E-state index in [-0.39, 0.29) is 0 Å². The zero-order valence-electron chi connectivity index (χ0n) is 11.3. The summed E-state index contributed by atoms with van der Waals surface area (Å²) in [5.41, 5.74) is 0.412. The highest BCUT2D eigenvalue weighted by atomic mass is 16.5. The molecule has 1 atom stereocenters. The normalized spacial score (nSPS) is 13.3. The molecule has 0 spiro atoms. The minimum Gasteiger partial charge on any atom is -0.457 e. The van der Waals surface area contributed by atoms with Crippen molar-refractivity contribution in [3.63, 3.8) is 0 Å². The van der Waals surface area contributed by atoms with Crippen molar-refractivity contribution in [2.45, 2.75) is 25.7 Å². The van der Waals surface area contributed by atoms with E-state index in [9.17, 15) is 5.26 Å². The lowest BCUT2D eigenvalue weighted by Gasteiger charge is -2.23. The summed E-state index contributed by atoms with van der Waals surface area (Å²) in [7, 11) is 0. The molecule has 0 radical (unpaired) electrons. The number of rotatable bonds is 4. The predicted octanol–water partition coefficient (Wildman–Crippen LogP) is 4.67. The summed E-state index contributed by atoms with van der Waals surface area (Å²) in [5, 5.41) is 9.42. The van der Waals surface area contributed by atoms with Gasteiger partial charge in [0.15, 0.2) is 0 Å². The van der Waals surface area contributed by atoms with Crippen LogP contribution in [-0.4, -0.2) is 0 Å². The van der Waals surface area contributed by atoms with Gasteiger partial charge in [0.1, 0.15) is 11.5 Å². The molecular weight excluding hydrogens is 234 g/mol. The zero-order chi connectivity index (χ0) is 13.7. The molecule has 96 valence electrons. The van der Waals surface area contributed by atoms with Crippen LogP contribution in [0.5, 0.6) is 11.5 Å². The first kappa shape index (κ1) is 13.2. The Morgan fingerprint density at radius 1 is 1.05 bits per heavy atom. The smallest absolute Gasteiger partial charge is 0.132 e. The van der Waals surface area contributed by atoms with Crippen LogP contribution in [-0.2, 0) is 5.41 Å². The fourth-order valence-corrected chi connectivity index (χ4v) is 1.96. The fraction of sp³-hybridized carbons (Fsp3) is 0.235. The number of hydrogen-bond donors (Lipinski definition) is 0. The molecule has 0 fully saturated rings. The van der Waals surface area contributed by atoms with Gasteiger partial charge in [0.05, 0.1) is 11.5 Å². The summed E-state index contributed by atoms with van der Waals surface area (Å²) in [6.45, 7) is 3.96. The van der Waals surface area contributed by atoms with Crippen molar-refractivity contribution < 1.29 is 4.74 Å². The van der Waals surface area contributed by atoms with Crippen LogP contribution >= 0.6 is 0 Å². The van der Waals surface area contributed by atoms with Crippen LogP contribution < -0.4 is 4.74 Å². The molecule has 2 nitrogen and oxygen atoms in total. The molecule has 19 heavy (non-hydrogen) atoms. The topological polar surface area (TPSA) is 33.0 Å². The molecule has 0 saturated carbocycles. The van der Waals surface area contributed by atoms with E-state index < -0.39 is 5.41 Å². The van der Waals surface area contributed by atoms with Crippen molar-refractivity contribution in [3.05, 3.63) is 60.2 Å². The van der Waals surface area contributed by atoms with Crippen molar-refractivity contribution in [3.8, 4) is 17.6 Å². The fourth-order valence-electron chi connectivity index (χ4n) is 1.96. The molecule has 0 aliphatic rings. The highest BCUT2D eigenvalue weighted by molar-refractivity contribution is 5.45. The molecule has 0 heterocycles.